The van der Waals surface area contributed by atoms with Gasteiger partial charge in [0.15, 0.2) is 0 Å². The standard InChI is InChI=1S/C11H14N2.C2H6/c1-3-5-9-7-10(12)8-13-11(9)6-4-2;1-2/h3-8H,12H2,1-2H3;1-2H3/b5-3-,6-4-;. The van der Waals surface area contributed by atoms with Crippen LogP contribution in [0.25, 0.3) is 12.2 Å². The Kier molecular flexibility index (Phi) is 6.98. The molecule has 1 heterocycles. The lowest BCUT2D eigenvalue weighted by atomic mass is 10.1. The molecule has 15 heavy (non-hydrogen) atoms. The van der Waals surface area contributed by atoms with Gasteiger partial charge in [0.2, 0.25) is 0 Å². The van der Waals surface area contributed by atoms with E-state index in [1.165, 1.54) is 0 Å². The minimum Gasteiger partial charge on any atom is -0.397 e. The molecule has 2 nitrogen and oxygen atoms in total. The molecular weight excluding hydrogens is 184 g/mol. The lowest BCUT2D eigenvalue weighted by Gasteiger charge is -2.00. The first-order chi connectivity index (χ1) is 7.27. The first kappa shape index (κ1) is 13.4. The van der Waals surface area contributed by atoms with Crippen LogP contribution in [0.5, 0.6) is 0 Å². The summed E-state index contributed by atoms with van der Waals surface area (Å²) in [7, 11) is 0. The van der Waals surface area contributed by atoms with Crippen molar-refractivity contribution in [2.24, 2.45) is 0 Å². The predicted molar refractivity (Wildman–Crippen MR) is 69.4 cm³/mol. The fourth-order valence-corrected chi connectivity index (χ4v) is 1.12. The molecule has 0 radical (unpaired) electrons. The van der Waals surface area contributed by atoms with Gasteiger partial charge in [-0.1, -0.05) is 32.1 Å². The zero-order chi connectivity index (χ0) is 11.7. The Morgan fingerprint density at radius 1 is 1.13 bits per heavy atom. The van der Waals surface area contributed by atoms with Gasteiger partial charge in [-0.25, -0.2) is 0 Å². The first-order valence-corrected chi connectivity index (χ1v) is 5.29. The Balaban J connectivity index is 0.000000921. The largest absolute Gasteiger partial charge is 0.397 e. The molecule has 1 aromatic rings. The Labute approximate surface area is 92.5 Å². The van der Waals surface area contributed by atoms with Gasteiger partial charge < -0.3 is 5.73 Å². The second-order valence-electron chi connectivity index (χ2n) is 2.74. The molecule has 0 aliphatic carbocycles. The number of hydrogen-bond acceptors (Lipinski definition) is 2. The molecule has 0 aliphatic rings. The molecule has 0 aliphatic heterocycles. The van der Waals surface area contributed by atoms with E-state index >= 15 is 0 Å². The van der Waals surface area contributed by atoms with Crippen molar-refractivity contribution < 1.29 is 0 Å². The van der Waals surface area contributed by atoms with Gasteiger partial charge in [0.1, 0.15) is 0 Å². The summed E-state index contributed by atoms with van der Waals surface area (Å²) in [5.41, 5.74) is 8.34. The van der Waals surface area contributed by atoms with E-state index in [1.807, 2.05) is 58.1 Å². The Bertz CT molecular complexity index is 338. The molecule has 2 N–H and O–H groups in total. The molecule has 0 aromatic carbocycles. The molecule has 0 bridgehead atoms. The fourth-order valence-electron chi connectivity index (χ4n) is 1.12. The van der Waals surface area contributed by atoms with Crippen LogP contribution in [-0.2, 0) is 0 Å². The maximum Gasteiger partial charge on any atom is 0.0700 e. The molecular formula is C13H20N2. The van der Waals surface area contributed by atoms with Crippen LogP contribution < -0.4 is 5.73 Å². The fraction of sp³-hybridized carbons (Fsp3) is 0.308. The van der Waals surface area contributed by atoms with E-state index in [0.717, 1.165) is 11.3 Å². The van der Waals surface area contributed by atoms with Gasteiger partial charge in [0.05, 0.1) is 17.6 Å². The molecule has 0 unspecified atom stereocenters. The van der Waals surface area contributed by atoms with Crippen LogP contribution in [0.3, 0.4) is 0 Å². The number of aromatic nitrogens is 1. The summed E-state index contributed by atoms with van der Waals surface area (Å²) in [6.45, 7) is 7.94. The van der Waals surface area contributed by atoms with E-state index in [2.05, 4.69) is 4.98 Å². The lowest BCUT2D eigenvalue weighted by molar-refractivity contribution is 1.28. The van der Waals surface area contributed by atoms with Gasteiger partial charge >= 0.3 is 0 Å². The summed E-state index contributed by atoms with van der Waals surface area (Å²) in [6, 6.07) is 1.92. The number of hydrogen-bond donors (Lipinski definition) is 1. The van der Waals surface area contributed by atoms with E-state index in [9.17, 15) is 0 Å². The highest BCUT2D eigenvalue weighted by Gasteiger charge is 1.96. The summed E-state index contributed by atoms with van der Waals surface area (Å²) in [6.07, 6.45) is 9.57. The van der Waals surface area contributed by atoms with Crippen LogP contribution in [0.2, 0.25) is 0 Å². The third kappa shape index (κ3) is 4.45. The number of nitrogens with two attached hydrogens (primary N) is 1. The topological polar surface area (TPSA) is 38.9 Å². The van der Waals surface area contributed by atoms with E-state index in [4.69, 9.17) is 5.73 Å². The third-order valence-electron chi connectivity index (χ3n) is 1.64. The second kappa shape index (κ2) is 7.80. The van der Waals surface area contributed by atoms with Crippen molar-refractivity contribution in [3.8, 4) is 0 Å². The van der Waals surface area contributed by atoms with Crippen LogP contribution in [0, 0.1) is 0 Å². The summed E-state index contributed by atoms with van der Waals surface area (Å²) in [4.78, 5) is 4.22. The van der Waals surface area contributed by atoms with Gasteiger partial charge in [-0.15, -0.1) is 0 Å². The minimum absolute atomic E-state index is 0.696. The van der Waals surface area contributed by atoms with E-state index in [-0.39, 0.29) is 0 Å². The quantitative estimate of drug-likeness (QED) is 0.796. The van der Waals surface area contributed by atoms with Crippen molar-refractivity contribution in [2.75, 3.05) is 5.73 Å². The number of pyridine rings is 1. The maximum absolute atomic E-state index is 5.63. The van der Waals surface area contributed by atoms with Crippen molar-refractivity contribution in [1.82, 2.24) is 4.98 Å². The van der Waals surface area contributed by atoms with Crippen molar-refractivity contribution in [1.29, 1.82) is 0 Å². The second-order valence-corrected chi connectivity index (χ2v) is 2.74. The summed E-state index contributed by atoms with van der Waals surface area (Å²) < 4.78 is 0. The van der Waals surface area contributed by atoms with Gasteiger partial charge in [-0.05, 0) is 26.0 Å². The average Bonchev–Trinajstić information content (AvgIpc) is 2.26. The molecule has 0 atom stereocenters. The Morgan fingerprint density at radius 2 is 1.73 bits per heavy atom. The Hall–Kier alpha value is -1.57. The molecule has 82 valence electrons. The van der Waals surface area contributed by atoms with E-state index < -0.39 is 0 Å². The zero-order valence-corrected chi connectivity index (χ0v) is 9.99. The number of nitrogens with zero attached hydrogens (tertiary/aromatic N) is 1. The average molecular weight is 204 g/mol. The third-order valence-corrected chi connectivity index (χ3v) is 1.64. The SMILES string of the molecule is C/C=C\c1cc(N)cnc1/C=C\C.CC. The number of allylic oxidation sites excluding steroid dienone is 2. The minimum atomic E-state index is 0.696. The van der Waals surface area contributed by atoms with Crippen LogP contribution in [0.15, 0.2) is 24.4 Å². The molecule has 0 fully saturated rings. The first-order valence-electron chi connectivity index (χ1n) is 5.29. The monoisotopic (exact) mass is 204 g/mol. The van der Waals surface area contributed by atoms with Gasteiger partial charge in [-0.2, -0.15) is 0 Å². The normalized spacial score (nSPS) is 10.4. The van der Waals surface area contributed by atoms with Crippen molar-refractivity contribution in [3.05, 3.63) is 35.7 Å². The molecule has 2 heteroatoms. The van der Waals surface area contributed by atoms with Crippen LogP contribution in [0.4, 0.5) is 5.69 Å². The number of anilines is 1. The molecule has 0 saturated carbocycles. The zero-order valence-electron chi connectivity index (χ0n) is 9.99. The van der Waals surface area contributed by atoms with Crippen molar-refractivity contribution >= 4 is 17.8 Å². The highest BCUT2D eigenvalue weighted by Crippen LogP contribution is 2.13. The number of rotatable bonds is 2. The lowest BCUT2D eigenvalue weighted by Crippen LogP contribution is -1.91. The molecule has 1 aromatic heterocycles. The van der Waals surface area contributed by atoms with Crippen molar-refractivity contribution in [3.63, 3.8) is 0 Å². The van der Waals surface area contributed by atoms with Gasteiger partial charge in [0, 0.05) is 5.56 Å². The highest BCUT2D eigenvalue weighted by atomic mass is 14.7. The molecule has 0 amide bonds. The van der Waals surface area contributed by atoms with E-state index in [1.54, 1.807) is 6.20 Å². The number of nitrogen functional groups attached to an aromatic ring is 1. The highest BCUT2D eigenvalue weighted by molar-refractivity contribution is 5.65. The maximum atomic E-state index is 5.63. The molecule has 0 saturated heterocycles. The van der Waals surface area contributed by atoms with Crippen molar-refractivity contribution in [2.45, 2.75) is 27.7 Å². The van der Waals surface area contributed by atoms with Crippen LogP contribution in [0.1, 0.15) is 39.0 Å². The summed E-state index contributed by atoms with van der Waals surface area (Å²) in [5, 5.41) is 0. The predicted octanol–water partition coefficient (Wildman–Crippen LogP) is 3.76. The molecule has 0 spiro atoms. The van der Waals surface area contributed by atoms with Crippen LogP contribution >= 0.6 is 0 Å². The Morgan fingerprint density at radius 3 is 2.27 bits per heavy atom. The summed E-state index contributed by atoms with van der Waals surface area (Å²) >= 11 is 0. The van der Waals surface area contributed by atoms with Gasteiger partial charge in [-0.3, -0.25) is 4.98 Å². The van der Waals surface area contributed by atoms with Gasteiger partial charge in [0.25, 0.3) is 0 Å². The summed E-state index contributed by atoms with van der Waals surface area (Å²) in [5.74, 6) is 0. The van der Waals surface area contributed by atoms with E-state index in [0.29, 0.717) is 5.69 Å². The smallest absolute Gasteiger partial charge is 0.0700 e. The molecule has 1 rings (SSSR count). The van der Waals surface area contributed by atoms with Crippen LogP contribution in [-0.4, -0.2) is 4.98 Å².